The number of aromatic nitrogens is 1. The minimum absolute atomic E-state index is 0.477. The van der Waals surface area contributed by atoms with E-state index in [2.05, 4.69) is 28.2 Å². The predicted molar refractivity (Wildman–Crippen MR) is 51.5 cm³/mol. The van der Waals surface area contributed by atoms with Gasteiger partial charge in [0.15, 0.2) is 0 Å². The van der Waals surface area contributed by atoms with Crippen molar-refractivity contribution in [3.05, 3.63) is 36.0 Å². The molecular formula is C10H12N2O. The lowest BCUT2D eigenvalue weighted by atomic mass is 10.2. The molecule has 2 aromatic rings. The molecule has 0 bridgehead atoms. The first-order valence-corrected chi connectivity index (χ1v) is 4.23. The molecule has 3 nitrogen and oxygen atoms in total. The molecule has 3 heteroatoms. The van der Waals surface area contributed by atoms with Crippen molar-refractivity contribution in [3.63, 3.8) is 0 Å². The van der Waals surface area contributed by atoms with E-state index in [0.717, 1.165) is 5.69 Å². The van der Waals surface area contributed by atoms with Crippen molar-refractivity contribution >= 4 is 10.9 Å². The van der Waals surface area contributed by atoms with Gasteiger partial charge in [-0.25, -0.2) is 0 Å². The fourth-order valence-corrected chi connectivity index (χ4v) is 1.60. The Labute approximate surface area is 76.6 Å². The highest BCUT2D eigenvalue weighted by atomic mass is 16.5. The highest BCUT2D eigenvalue weighted by molar-refractivity contribution is 5.81. The maximum atomic E-state index is 8.61. The number of fused-ring (bicyclic) bond motifs is 1. The summed E-state index contributed by atoms with van der Waals surface area (Å²) in [6, 6.07) is 10.2. The summed E-state index contributed by atoms with van der Waals surface area (Å²) in [5, 5.41) is 9.81. The Hall–Kier alpha value is -1.32. The molecule has 0 aliphatic carbocycles. The molecule has 0 radical (unpaired) electrons. The zero-order valence-electron chi connectivity index (χ0n) is 7.49. The smallest absolute Gasteiger partial charge is 0.0611 e. The van der Waals surface area contributed by atoms with Gasteiger partial charge in [0, 0.05) is 18.3 Å². The molecule has 0 spiro atoms. The Morgan fingerprint density at radius 3 is 2.85 bits per heavy atom. The quantitative estimate of drug-likeness (QED) is 0.683. The standard InChI is InChI=1S/C10H12N2O/c1-12-9(7-11-13)6-8-4-2-3-5-10(8)12/h2-6,11,13H,7H2,1H3. The summed E-state index contributed by atoms with van der Waals surface area (Å²) in [6.07, 6.45) is 0. The maximum absolute atomic E-state index is 8.61. The average molecular weight is 176 g/mol. The fraction of sp³-hybridized carbons (Fsp3) is 0.200. The second kappa shape index (κ2) is 3.20. The molecule has 1 heterocycles. The predicted octanol–water partition coefficient (Wildman–Crippen LogP) is 1.66. The Morgan fingerprint density at radius 2 is 2.15 bits per heavy atom. The van der Waals surface area contributed by atoms with E-state index in [1.807, 2.05) is 19.2 Å². The van der Waals surface area contributed by atoms with E-state index in [1.165, 1.54) is 10.9 Å². The van der Waals surface area contributed by atoms with E-state index >= 15 is 0 Å². The molecule has 0 atom stereocenters. The van der Waals surface area contributed by atoms with Crippen molar-refractivity contribution in [2.45, 2.75) is 6.54 Å². The van der Waals surface area contributed by atoms with Crippen molar-refractivity contribution in [1.29, 1.82) is 0 Å². The highest BCUT2D eigenvalue weighted by Crippen LogP contribution is 2.17. The number of nitrogens with zero attached hydrogens (tertiary/aromatic N) is 1. The Morgan fingerprint density at radius 1 is 1.38 bits per heavy atom. The van der Waals surface area contributed by atoms with Crippen LogP contribution in [0.4, 0.5) is 0 Å². The van der Waals surface area contributed by atoms with Crippen LogP contribution >= 0.6 is 0 Å². The van der Waals surface area contributed by atoms with Gasteiger partial charge in [0.2, 0.25) is 0 Å². The second-order valence-electron chi connectivity index (χ2n) is 3.09. The molecule has 0 saturated carbocycles. The van der Waals surface area contributed by atoms with Crippen LogP contribution in [0.3, 0.4) is 0 Å². The van der Waals surface area contributed by atoms with Crippen LogP contribution in [0.1, 0.15) is 5.69 Å². The summed E-state index contributed by atoms with van der Waals surface area (Å²) >= 11 is 0. The highest BCUT2D eigenvalue weighted by Gasteiger charge is 2.02. The molecule has 0 saturated heterocycles. The van der Waals surface area contributed by atoms with Crippen LogP contribution in [-0.4, -0.2) is 9.77 Å². The zero-order chi connectivity index (χ0) is 9.26. The third-order valence-corrected chi connectivity index (χ3v) is 2.31. The van der Waals surface area contributed by atoms with E-state index in [1.54, 1.807) is 0 Å². The number of aryl methyl sites for hydroxylation is 1. The third kappa shape index (κ3) is 1.32. The van der Waals surface area contributed by atoms with Crippen molar-refractivity contribution in [2.75, 3.05) is 0 Å². The van der Waals surface area contributed by atoms with Gasteiger partial charge in [0.1, 0.15) is 0 Å². The Bertz CT molecular complexity index is 420. The number of hydrogen-bond donors (Lipinski definition) is 2. The van der Waals surface area contributed by atoms with Crippen LogP contribution in [0, 0.1) is 0 Å². The minimum Gasteiger partial charge on any atom is -0.346 e. The first kappa shape index (κ1) is 8.29. The summed E-state index contributed by atoms with van der Waals surface area (Å²) in [5.41, 5.74) is 4.43. The summed E-state index contributed by atoms with van der Waals surface area (Å²) < 4.78 is 2.07. The van der Waals surface area contributed by atoms with Crippen LogP contribution in [0.25, 0.3) is 10.9 Å². The average Bonchev–Trinajstić information content (AvgIpc) is 2.46. The van der Waals surface area contributed by atoms with E-state index < -0.39 is 0 Å². The SMILES string of the molecule is Cn1c(CNO)cc2ccccc21. The molecule has 2 rings (SSSR count). The van der Waals surface area contributed by atoms with Crippen LogP contribution < -0.4 is 5.48 Å². The normalized spacial score (nSPS) is 10.9. The molecule has 0 aliphatic rings. The molecule has 0 fully saturated rings. The minimum atomic E-state index is 0.477. The van der Waals surface area contributed by atoms with E-state index in [0.29, 0.717) is 6.54 Å². The largest absolute Gasteiger partial charge is 0.346 e. The van der Waals surface area contributed by atoms with Crippen molar-refractivity contribution in [1.82, 2.24) is 10.0 Å². The lowest BCUT2D eigenvalue weighted by Gasteiger charge is -2.01. The first-order chi connectivity index (χ1) is 6.33. The van der Waals surface area contributed by atoms with Gasteiger partial charge < -0.3 is 9.77 Å². The van der Waals surface area contributed by atoms with E-state index in [4.69, 9.17) is 5.21 Å². The number of nitrogens with one attached hydrogen (secondary N) is 1. The first-order valence-electron chi connectivity index (χ1n) is 4.23. The van der Waals surface area contributed by atoms with Gasteiger partial charge in [0.25, 0.3) is 0 Å². The van der Waals surface area contributed by atoms with Gasteiger partial charge in [-0.15, -0.1) is 0 Å². The number of para-hydroxylation sites is 1. The maximum Gasteiger partial charge on any atom is 0.0611 e. The van der Waals surface area contributed by atoms with Crippen molar-refractivity contribution in [3.8, 4) is 0 Å². The molecule has 13 heavy (non-hydrogen) atoms. The number of hydrogen-bond acceptors (Lipinski definition) is 2. The van der Waals surface area contributed by atoms with Gasteiger partial charge in [-0.1, -0.05) is 18.2 Å². The Balaban J connectivity index is 2.60. The summed E-state index contributed by atoms with van der Waals surface area (Å²) in [7, 11) is 2.00. The van der Waals surface area contributed by atoms with Gasteiger partial charge in [-0.05, 0) is 17.5 Å². The van der Waals surface area contributed by atoms with Gasteiger partial charge in [-0.2, -0.15) is 5.48 Å². The monoisotopic (exact) mass is 176 g/mol. The van der Waals surface area contributed by atoms with Crippen LogP contribution in [-0.2, 0) is 13.6 Å². The van der Waals surface area contributed by atoms with Gasteiger partial charge in [0.05, 0.1) is 6.54 Å². The third-order valence-electron chi connectivity index (χ3n) is 2.31. The topological polar surface area (TPSA) is 37.2 Å². The van der Waals surface area contributed by atoms with Gasteiger partial charge in [-0.3, -0.25) is 0 Å². The van der Waals surface area contributed by atoms with E-state index in [-0.39, 0.29) is 0 Å². The second-order valence-corrected chi connectivity index (χ2v) is 3.09. The summed E-state index contributed by atoms with van der Waals surface area (Å²) in [5.74, 6) is 0. The zero-order valence-corrected chi connectivity index (χ0v) is 7.49. The molecule has 2 N–H and O–H groups in total. The fourth-order valence-electron chi connectivity index (χ4n) is 1.60. The number of hydroxylamine groups is 1. The van der Waals surface area contributed by atoms with Gasteiger partial charge >= 0.3 is 0 Å². The molecule has 0 amide bonds. The lowest BCUT2D eigenvalue weighted by Crippen LogP contribution is -2.09. The number of benzene rings is 1. The molecular weight excluding hydrogens is 164 g/mol. The summed E-state index contributed by atoms with van der Waals surface area (Å²) in [4.78, 5) is 0. The molecule has 68 valence electrons. The Kier molecular flexibility index (Phi) is 2.04. The lowest BCUT2D eigenvalue weighted by molar-refractivity contribution is 0.159. The number of rotatable bonds is 2. The molecule has 0 unspecified atom stereocenters. The van der Waals surface area contributed by atoms with Crippen LogP contribution in [0.2, 0.25) is 0 Å². The molecule has 1 aromatic carbocycles. The molecule has 0 aliphatic heterocycles. The van der Waals surface area contributed by atoms with Crippen LogP contribution in [0.5, 0.6) is 0 Å². The van der Waals surface area contributed by atoms with Crippen molar-refractivity contribution < 1.29 is 5.21 Å². The summed E-state index contributed by atoms with van der Waals surface area (Å²) in [6.45, 7) is 0.477. The van der Waals surface area contributed by atoms with Crippen molar-refractivity contribution in [2.24, 2.45) is 7.05 Å². The van der Waals surface area contributed by atoms with E-state index in [9.17, 15) is 0 Å². The molecule has 1 aromatic heterocycles. The van der Waals surface area contributed by atoms with Crippen LogP contribution in [0.15, 0.2) is 30.3 Å².